The molecule has 6 heteroatoms. The lowest BCUT2D eigenvalue weighted by Crippen LogP contribution is -2.32. The third-order valence-electron chi connectivity index (χ3n) is 7.11. The van der Waals surface area contributed by atoms with Gasteiger partial charge in [-0.2, -0.15) is 0 Å². The van der Waals surface area contributed by atoms with Crippen molar-refractivity contribution < 1.29 is 29.5 Å². The lowest BCUT2D eigenvalue weighted by Gasteiger charge is -2.36. The van der Waals surface area contributed by atoms with E-state index in [-0.39, 0.29) is 11.5 Å². The van der Waals surface area contributed by atoms with Gasteiger partial charge in [0.15, 0.2) is 17.6 Å². The second-order valence-corrected chi connectivity index (χ2v) is 8.99. The molecule has 0 saturated heterocycles. The smallest absolute Gasteiger partial charge is 0.164 e. The number of ether oxygens (including phenoxy) is 3. The van der Waals surface area contributed by atoms with Crippen molar-refractivity contribution in [2.45, 2.75) is 44.3 Å². The zero-order chi connectivity index (χ0) is 22.7. The van der Waals surface area contributed by atoms with Crippen LogP contribution in [0.15, 0.2) is 36.4 Å². The van der Waals surface area contributed by atoms with Crippen LogP contribution in [0.4, 0.5) is 0 Å². The molecule has 1 aliphatic carbocycles. The van der Waals surface area contributed by atoms with E-state index in [4.69, 9.17) is 14.2 Å². The number of hydrogen-bond acceptors (Lipinski definition) is 6. The van der Waals surface area contributed by atoms with Gasteiger partial charge in [0.05, 0.1) is 19.8 Å². The van der Waals surface area contributed by atoms with Crippen LogP contribution in [0.5, 0.6) is 28.7 Å². The van der Waals surface area contributed by atoms with Crippen LogP contribution in [0, 0.1) is 0 Å². The highest BCUT2D eigenvalue weighted by Crippen LogP contribution is 2.50. The molecule has 0 amide bonds. The third-order valence-corrected chi connectivity index (χ3v) is 7.11. The first-order valence-electron chi connectivity index (χ1n) is 11.4. The standard InChI is InChI=1S/C27H26O6/c1-31-24-13-23-20(17-6-4-14-11-15(28)5-7-16(14)25(17)24)12-22(30)27(33-23)19-8-9-21(29)26-18(19)3-2-10-32-26/h5,7-9,11,13,22,27-30H,2-4,6,10,12H2,1H3/t22-,27+/m1/s1. The van der Waals surface area contributed by atoms with E-state index < -0.39 is 12.2 Å². The van der Waals surface area contributed by atoms with Crippen molar-refractivity contribution in [1.29, 1.82) is 0 Å². The number of aromatic hydroxyl groups is 2. The average molecular weight is 446 g/mol. The van der Waals surface area contributed by atoms with E-state index in [1.165, 1.54) is 0 Å². The highest BCUT2D eigenvalue weighted by molar-refractivity contribution is 5.82. The Bertz CT molecular complexity index is 1260. The zero-order valence-corrected chi connectivity index (χ0v) is 18.4. The molecule has 6 rings (SSSR count). The van der Waals surface area contributed by atoms with E-state index in [9.17, 15) is 15.3 Å². The second kappa shape index (κ2) is 7.59. The van der Waals surface area contributed by atoms with E-state index >= 15 is 0 Å². The molecule has 33 heavy (non-hydrogen) atoms. The number of phenols is 2. The Balaban J connectivity index is 1.46. The number of rotatable bonds is 2. The number of aliphatic hydroxyl groups is 1. The van der Waals surface area contributed by atoms with Crippen LogP contribution in [0.2, 0.25) is 0 Å². The van der Waals surface area contributed by atoms with Crippen LogP contribution in [0.3, 0.4) is 0 Å². The summed E-state index contributed by atoms with van der Waals surface area (Å²) in [5.41, 5.74) is 7.07. The van der Waals surface area contributed by atoms with Crippen molar-refractivity contribution in [1.82, 2.24) is 0 Å². The van der Waals surface area contributed by atoms with E-state index in [1.807, 2.05) is 24.3 Å². The number of hydrogen-bond donors (Lipinski definition) is 3. The van der Waals surface area contributed by atoms with Crippen LogP contribution in [0.25, 0.3) is 11.1 Å². The largest absolute Gasteiger partial charge is 0.508 e. The SMILES string of the molecule is COc1cc2c(c3c1-c1ccc(O)cc1CC3)C[C@@H](O)[C@H](c1ccc(O)c3c1CCCO3)O2. The zero-order valence-electron chi connectivity index (χ0n) is 18.4. The third kappa shape index (κ3) is 3.12. The molecule has 6 nitrogen and oxygen atoms in total. The summed E-state index contributed by atoms with van der Waals surface area (Å²) in [5, 5.41) is 31.4. The Morgan fingerprint density at radius 1 is 0.970 bits per heavy atom. The molecule has 3 N–H and O–H groups in total. The highest BCUT2D eigenvalue weighted by atomic mass is 16.5. The fraction of sp³-hybridized carbons (Fsp3) is 0.333. The number of aryl methyl sites for hydroxylation is 1. The molecule has 0 radical (unpaired) electrons. The van der Waals surface area contributed by atoms with Crippen molar-refractivity contribution in [3.63, 3.8) is 0 Å². The van der Waals surface area contributed by atoms with Crippen LogP contribution >= 0.6 is 0 Å². The Hall–Kier alpha value is -3.38. The maximum absolute atomic E-state index is 11.2. The van der Waals surface area contributed by atoms with Crippen molar-refractivity contribution in [3.05, 3.63) is 64.2 Å². The Morgan fingerprint density at radius 3 is 2.70 bits per heavy atom. The Morgan fingerprint density at radius 2 is 1.85 bits per heavy atom. The summed E-state index contributed by atoms with van der Waals surface area (Å²) in [6.07, 6.45) is 2.41. The van der Waals surface area contributed by atoms with Gasteiger partial charge in [0.2, 0.25) is 0 Å². The first-order chi connectivity index (χ1) is 16.0. The van der Waals surface area contributed by atoms with Gasteiger partial charge in [-0.1, -0.05) is 12.1 Å². The molecule has 2 aliphatic heterocycles. The Kier molecular flexibility index (Phi) is 4.66. The molecule has 3 aromatic carbocycles. The number of aliphatic hydroxyl groups excluding tert-OH is 1. The summed E-state index contributed by atoms with van der Waals surface area (Å²) in [4.78, 5) is 0. The summed E-state index contributed by atoms with van der Waals surface area (Å²) in [6.45, 7) is 0.573. The van der Waals surface area contributed by atoms with Crippen molar-refractivity contribution >= 4 is 0 Å². The molecular weight excluding hydrogens is 420 g/mol. The van der Waals surface area contributed by atoms with E-state index in [2.05, 4.69) is 0 Å². The molecule has 2 heterocycles. The van der Waals surface area contributed by atoms with Gasteiger partial charge in [-0.15, -0.1) is 0 Å². The number of benzene rings is 3. The fourth-order valence-corrected chi connectivity index (χ4v) is 5.62. The van der Waals surface area contributed by atoms with Gasteiger partial charge >= 0.3 is 0 Å². The van der Waals surface area contributed by atoms with Crippen LogP contribution in [0.1, 0.15) is 40.3 Å². The Labute approximate surface area is 192 Å². The quantitative estimate of drug-likeness (QED) is 0.546. The summed E-state index contributed by atoms with van der Waals surface area (Å²) in [7, 11) is 1.65. The van der Waals surface area contributed by atoms with Gasteiger partial charge in [0.25, 0.3) is 0 Å². The predicted octanol–water partition coefficient (Wildman–Crippen LogP) is 4.23. The molecule has 0 aromatic heterocycles. The maximum Gasteiger partial charge on any atom is 0.164 e. The van der Waals surface area contributed by atoms with Crippen LogP contribution in [-0.4, -0.2) is 35.1 Å². The molecule has 170 valence electrons. The number of phenolic OH excluding ortho intramolecular Hbond substituents is 2. The van der Waals surface area contributed by atoms with Gasteiger partial charge < -0.3 is 29.5 Å². The van der Waals surface area contributed by atoms with Gasteiger partial charge in [0.1, 0.15) is 17.2 Å². The number of fused-ring (bicyclic) bond motifs is 6. The summed E-state index contributed by atoms with van der Waals surface area (Å²) in [6, 6.07) is 10.8. The summed E-state index contributed by atoms with van der Waals surface area (Å²) in [5.74, 6) is 2.34. The second-order valence-electron chi connectivity index (χ2n) is 8.99. The average Bonchev–Trinajstić information content (AvgIpc) is 2.83. The molecule has 2 atom stereocenters. The molecule has 0 saturated carbocycles. The van der Waals surface area contributed by atoms with E-state index in [0.29, 0.717) is 18.8 Å². The first kappa shape index (κ1) is 20.2. The monoisotopic (exact) mass is 446 g/mol. The fourth-order valence-electron chi connectivity index (χ4n) is 5.62. The normalized spacial score (nSPS) is 20.4. The topological polar surface area (TPSA) is 88.4 Å². The number of methoxy groups -OCH3 is 1. The van der Waals surface area contributed by atoms with Gasteiger partial charge in [-0.05, 0) is 60.6 Å². The first-order valence-corrected chi connectivity index (χ1v) is 11.4. The van der Waals surface area contributed by atoms with Gasteiger partial charge in [-0.25, -0.2) is 0 Å². The van der Waals surface area contributed by atoms with Gasteiger partial charge in [-0.3, -0.25) is 0 Å². The van der Waals surface area contributed by atoms with Crippen molar-refractivity contribution in [2.24, 2.45) is 0 Å². The molecule has 3 aromatic rings. The van der Waals surface area contributed by atoms with Gasteiger partial charge in [0, 0.05) is 34.7 Å². The van der Waals surface area contributed by atoms with E-state index in [0.717, 1.165) is 76.1 Å². The van der Waals surface area contributed by atoms with Crippen LogP contribution < -0.4 is 14.2 Å². The molecular formula is C27H26O6. The predicted molar refractivity (Wildman–Crippen MR) is 123 cm³/mol. The minimum atomic E-state index is -0.730. The highest BCUT2D eigenvalue weighted by Gasteiger charge is 2.37. The van der Waals surface area contributed by atoms with E-state index in [1.54, 1.807) is 19.2 Å². The minimum Gasteiger partial charge on any atom is -0.508 e. The molecule has 3 aliphatic rings. The molecule has 0 unspecified atom stereocenters. The minimum absolute atomic E-state index is 0.125. The van der Waals surface area contributed by atoms with Crippen molar-refractivity contribution in [2.75, 3.05) is 13.7 Å². The lowest BCUT2D eigenvalue weighted by atomic mass is 9.79. The molecule has 0 fully saturated rings. The summed E-state index contributed by atoms with van der Waals surface area (Å²) >= 11 is 0. The molecule has 0 spiro atoms. The molecule has 0 bridgehead atoms. The van der Waals surface area contributed by atoms with Crippen LogP contribution in [-0.2, 0) is 25.7 Å². The lowest BCUT2D eigenvalue weighted by molar-refractivity contribution is 0.0194. The summed E-state index contributed by atoms with van der Waals surface area (Å²) < 4.78 is 17.9. The maximum atomic E-state index is 11.2. The van der Waals surface area contributed by atoms with Crippen molar-refractivity contribution in [3.8, 4) is 39.9 Å².